The molecule has 3 nitrogen and oxygen atoms in total. The Morgan fingerprint density at radius 3 is 2.54 bits per heavy atom. The van der Waals surface area contributed by atoms with Crippen LogP contribution < -0.4 is 0 Å². The van der Waals surface area contributed by atoms with Gasteiger partial charge in [-0.2, -0.15) is 0 Å². The molecule has 0 saturated carbocycles. The van der Waals surface area contributed by atoms with Gasteiger partial charge in [0.2, 0.25) is 0 Å². The van der Waals surface area contributed by atoms with Gasteiger partial charge >= 0.3 is 5.97 Å². The summed E-state index contributed by atoms with van der Waals surface area (Å²) in [5, 5.41) is 1.10. The summed E-state index contributed by atoms with van der Waals surface area (Å²) in [4.78, 5) is 11.1. The summed E-state index contributed by atoms with van der Waals surface area (Å²) >= 11 is 0. The number of esters is 1. The predicted octanol–water partition coefficient (Wildman–Crippen LogP) is 4.91. The van der Waals surface area contributed by atoms with Crippen molar-refractivity contribution in [2.45, 2.75) is 38.7 Å². The molecule has 0 spiro atoms. The zero-order valence-corrected chi connectivity index (χ0v) is 13.7. The number of aryl methyl sites for hydroxylation is 1. The van der Waals surface area contributed by atoms with Crippen molar-refractivity contribution in [3.05, 3.63) is 59.7 Å². The molecule has 0 amide bonds. The van der Waals surface area contributed by atoms with Crippen LogP contribution >= 0.6 is 0 Å². The lowest BCUT2D eigenvalue weighted by molar-refractivity contribution is -0.169. The Kier molecular flexibility index (Phi) is 3.85. The summed E-state index contributed by atoms with van der Waals surface area (Å²) < 4.78 is 11.4. The lowest BCUT2D eigenvalue weighted by Gasteiger charge is -2.25. The average molecular weight is 320 g/mol. The molecular weight excluding hydrogens is 300 g/mol. The molecule has 1 atom stereocenters. The highest BCUT2D eigenvalue weighted by atomic mass is 16.6. The Balaban J connectivity index is 1.74. The van der Waals surface area contributed by atoms with Gasteiger partial charge in [0.1, 0.15) is 17.4 Å². The Morgan fingerprint density at radius 1 is 1.08 bits per heavy atom. The van der Waals surface area contributed by atoms with Crippen molar-refractivity contribution >= 4 is 16.9 Å². The van der Waals surface area contributed by atoms with Crippen molar-refractivity contribution in [1.29, 1.82) is 0 Å². The highest BCUT2D eigenvalue weighted by molar-refractivity contribution is 5.88. The largest absolute Gasteiger partial charge is 0.461 e. The molecule has 1 aromatic heterocycles. The quantitative estimate of drug-likeness (QED) is 0.627. The van der Waals surface area contributed by atoms with Gasteiger partial charge in [0.15, 0.2) is 0 Å². The van der Waals surface area contributed by atoms with Crippen LogP contribution in [0, 0.1) is 0 Å². The first-order chi connectivity index (χ1) is 11.7. The molecule has 1 aliphatic heterocycles. The summed E-state index contributed by atoms with van der Waals surface area (Å²) in [5.41, 5.74) is 4.43. The number of furan rings is 1. The lowest BCUT2D eigenvalue weighted by atomic mass is 9.96. The number of carbonyl (C=O) groups excluding carboxylic acids is 1. The van der Waals surface area contributed by atoms with Gasteiger partial charge in [0.05, 0.1) is 6.42 Å². The average Bonchev–Trinajstić information content (AvgIpc) is 2.93. The second kappa shape index (κ2) is 6.16. The number of ether oxygens (including phenoxy) is 1. The van der Waals surface area contributed by atoms with Crippen molar-refractivity contribution in [3.63, 3.8) is 0 Å². The van der Waals surface area contributed by atoms with Crippen LogP contribution in [0.15, 0.2) is 52.9 Å². The maximum Gasteiger partial charge on any atom is 0.309 e. The topological polar surface area (TPSA) is 39.4 Å². The smallest absolute Gasteiger partial charge is 0.309 e. The van der Waals surface area contributed by atoms with E-state index in [-0.39, 0.29) is 12.1 Å². The minimum absolute atomic E-state index is 0.0309. The lowest BCUT2D eigenvalue weighted by Crippen LogP contribution is -2.34. The van der Waals surface area contributed by atoms with Crippen molar-refractivity contribution < 1.29 is 13.9 Å². The van der Waals surface area contributed by atoms with Crippen LogP contribution in [0.5, 0.6) is 0 Å². The molecule has 1 saturated heterocycles. The fraction of sp³-hybridized carbons (Fsp3) is 0.286. The first-order valence-electron chi connectivity index (χ1n) is 8.54. The number of carbonyl (C=O) groups is 1. The van der Waals surface area contributed by atoms with Gasteiger partial charge in [0.25, 0.3) is 0 Å². The molecule has 2 aromatic carbocycles. The molecule has 3 aromatic rings. The van der Waals surface area contributed by atoms with E-state index in [4.69, 9.17) is 9.15 Å². The van der Waals surface area contributed by atoms with E-state index in [0.29, 0.717) is 12.8 Å². The molecule has 4 rings (SSSR count). The minimum Gasteiger partial charge on any atom is -0.461 e. The van der Waals surface area contributed by atoms with Crippen LogP contribution in [0.2, 0.25) is 0 Å². The molecule has 0 aliphatic carbocycles. The van der Waals surface area contributed by atoms with Crippen LogP contribution in [0.4, 0.5) is 0 Å². The summed E-state index contributed by atoms with van der Waals surface area (Å²) in [5.74, 6) is 0.778. The Morgan fingerprint density at radius 2 is 1.83 bits per heavy atom. The summed E-state index contributed by atoms with van der Waals surface area (Å²) in [6.45, 7) is 2.19. The Labute approximate surface area is 141 Å². The van der Waals surface area contributed by atoms with Gasteiger partial charge < -0.3 is 9.15 Å². The molecule has 24 heavy (non-hydrogen) atoms. The fourth-order valence-electron chi connectivity index (χ4n) is 3.35. The molecule has 1 aliphatic rings. The van der Waals surface area contributed by atoms with Gasteiger partial charge in [0, 0.05) is 22.9 Å². The van der Waals surface area contributed by atoms with E-state index in [9.17, 15) is 4.79 Å². The van der Waals surface area contributed by atoms with Crippen molar-refractivity contribution in [2.75, 3.05) is 0 Å². The summed E-state index contributed by atoms with van der Waals surface area (Å²) in [6.07, 6.45) is 3.40. The Bertz CT molecular complexity index is 866. The number of cyclic esters (lactones) is 1. The molecule has 0 N–H and O–H groups in total. The van der Waals surface area contributed by atoms with Crippen LogP contribution in [0.3, 0.4) is 0 Å². The number of rotatable bonds is 5. The molecular formula is C21H20O3. The SMILES string of the molecule is CCCc1ccc(-c2oc3ccccc3c2CC2CC(=O)O2)cc1. The molecule has 122 valence electrons. The van der Waals surface area contributed by atoms with Crippen LogP contribution in [0.1, 0.15) is 30.9 Å². The first-order valence-corrected chi connectivity index (χ1v) is 8.54. The van der Waals surface area contributed by atoms with Crippen molar-refractivity contribution in [2.24, 2.45) is 0 Å². The van der Waals surface area contributed by atoms with E-state index in [2.05, 4.69) is 37.3 Å². The van der Waals surface area contributed by atoms with E-state index in [1.165, 1.54) is 5.56 Å². The Hall–Kier alpha value is -2.55. The maximum absolute atomic E-state index is 11.1. The summed E-state index contributed by atoms with van der Waals surface area (Å²) in [7, 11) is 0. The number of hydrogen-bond acceptors (Lipinski definition) is 3. The molecule has 1 unspecified atom stereocenters. The van der Waals surface area contributed by atoms with E-state index >= 15 is 0 Å². The third kappa shape index (κ3) is 2.71. The predicted molar refractivity (Wildman–Crippen MR) is 93.8 cm³/mol. The number of benzene rings is 2. The zero-order valence-electron chi connectivity index (χ0n) is 13.7. The number of para-hydroxylation sites is 1. The number of fused-ring (bicyclic) bond motifs is 1. The minimum atomic E-state index is -0.113. The van der Waals surface area contributed by atoms with Gasteiger partial charge in [-0.3, -0.25) is 4.79 Å². The van der Waals surface area contributed by atoms with E-state index in [0.717, 1.165) is 40.7 Å². The van der Waals surface area contributed by atoms with Crippen LogP contribution in [-0.2, 0) is 22.4 Å². The molecule has 2 heterocycles. The highest BCUT2D eigenvalue weighted by Gasteiger charge is 2.31. The van der Waals surface area contributed by atoms with Crippen LogP contribution in [-0.4, -0.2) is 12.1 Å². The highest BCUT2D eigenvalue weighted by Crippen LogP contribution is 2.36. The van der Waals surface area contributed by atoms with Gasteiger partial charge in [-0.1, -0.05) is 55.8 Å². The molecule has 0 bridgehead atoms. The summed E-state index contributed by atoms with van der Waals surface area (Å²) in [6, 6.07) is 16.6. The first kappa shape index (κ1) is 15.0. The van der Waals surface area contributed by atoms with Gasteiger partial charge in [-0.05, 0) is 18.1 Å². The second-order valence-electron chi connectivity index (χ2n) is 6.37. The monoisotopic (exact) mass is 320 g/mol. The van der Waals surface area contributed by atoms with Gasteiger partial charge in [-0.25, -0.2) is 0 Å². The molecule has 3 heteroatoms. The van der Waals surface area contributed by atoms with Crippen molar-refractivity contribution in [3.8, 4) is 11.3 Å². The van der Waals surface area contributed by atoms with E-state index in [1.54, 1.807) is 0 Å². The van der Waals surface area contributed by atoms with Crippen molar-refractivity contribution in [1.82, 2.24) is 0 Å². The zero-order chi connectivity index (χ0) is 16.5. The standard InChI is InChI=1S/C21H20O3/c1-2-5-14-8-10-15(11-9-14)21-18(12-16-13-20(22)23-16)17-6-3-4-7-19(17)24-21/h3-4,6-11,16H,2,5,12-13H2,1H3. The van der Waals surface area contributed by atoms with E-state index in [1.807, 2.05) is 18.2 Å². The molecule has 1 fully saturated rings. The third-order valence-corrected chi connectivity index (χ3v) is 4.58. The van der Waals surface area contributed by atoms with E-state index < -0.39 is 0 Å². The second-order valence-corrected chi connectivity index (χ2v) is 6.37. The molecule has 0 radical (unpaired) electrons. The third-order valence-electron chi connectivity index (χ3n) is 4.58. The fourth-order valence-corrected chi connectivity index (χ4v) is 3.35. The number of hydrogen-bond donors (Lipinski definition) is 0. The van der Waals surface area contributed by atoms with Crippen LogP contribution in [0.25, 0.3) is 22.3 Å². The normalized spacial score (nSPS) is 16.9. The van der Waals surface area contributed by atoms with Gasteiger partial charge in [-0.15, -0.1) is 0 Å². The maximum atomic E-state index is 11.1.